The summed E-state index contributed by atoms with van der Waals surface area (Å²) >= 11 is 0. The summed E-state index contributed by atoms with van der Waals surface area (Å²) in [5.41, 5.74) is 0. The quantitative estimate of drug-likeness (QED) is 0.0438. The summed E-state index contributed by atoms with van der Waals surface area (Å²) in [6.07, 6.45) is 69.0. The molecule has 0 aromatic heterocycles. The smallest absolute Gasteiger partial charge is 0.220 e. The Hall–Kier alpha value is -3.21. The SMILES string of the molecule is C/C=C/CC/C=C/CC/C=C/C(O)C(CO)NC(=O)CCCCCCCCCCCCC/C=C\C/C=C\C/C=C\C/C=C\C/C=C\C/C=C\C/C=C\CC. The normalized spacial score (nSPS) is 14.2. The van der Waals surface area contributed by atoms with Gasteiger partial charge in [-0.1, -0.05) is 186 Å². The Kier molecular flexibility index (Phi) is 41.6. The summed E-state index contributed by atoms with van der Waals surface area (Å²) in [5.74, 6) is -0.0917. The van der Waals surface area contributed by atoms with E-state index in [1.807, 2.05) is 13.0 Å². The lowest BCUT2D eigenvalue weighted by Crippen LogP contribution is -2.45. The molecule has 0 aliphatic carbocycles. The number of rotatable bonds is 37. The van der Waals surface area contributed by atoms with E-state index < -0.39 is 12.1 Å². The van der Waals surface area contributed by atoms with Crippen LogP contribution in [0, 0.1) is 0 Å². The van der Waals surface area contributed by atoms with Gasteiger partial charge in [0.2, 0.25) is 5.91 Å². The molecule has 2 atom stereocenters. The summed E-state index contributed by atoms with van der Waals surface area (Å²) in [7, 11) is 0. The lowest BCUT2D eigenvalue weighted by Gasteiger charge is -2.19. The zero-order chi connectivity index (χ0) is 39.3. The standard InChI is InChI=1S/C50H81NO3/c1-3-5-7-9-11-13-14-15-16-17-18-19-20-21-22-23-24-25-26-27-28-29-30-31-32-33-34-35-36-38-40-42-44-46-50(54)51-48(47-52)49(53)45-43-41-39-37-12-10-8-6-4-2/h4-7,11-13,15-16,18-19,21-22,24-25,27-28,37,43,45,48-49,52-53H,3,8-10,14,17,20,23,26,29-36,38-42,44,46-47H2,1-2H3,(H,51,54)/b6-4+,7-5-,13-11-,16-15-,19-18-,22-21-,25-24-,28-27-,37-12+,45-43+. The molecule has 0 bridgehead atoms. The largest absolute Gasteiger partial charge is 0.394 e. The fourth-order valence-electron chi connectivity index (χ4n) is 5.72. The minimum atomic E-state index is -0.876. The molecule has 0 saturated heterocycles. The monoisotopic (exact) mass is 744 g/mol. The van der Waals surface area contributed by atoms with Crippen molar-refractivity contribution in [3.05, 3.63) is 122 Å². The number of aliphatic hydroxyl groups is 2. The molecule has 2 unspecified atom stereocenters. The summed E-state index contributed by atoms with van der Waals surface area (Å²) in [6, 6.07) is -0.652. The van der Waals surface area contributed by atoms with Gasteiger partial charge in [0, 0.05) is 6.42 Å². The number of carbonyl (C=O) groups is 1. The number of unbranched alkanes of at least 4 members (excludes halogenated alkanes) is 13. The predicted molar refractivity (Wildman–Crippen MR) is 239 cm³/mol. The van der Waals surface area contributed by atoms with Crippen molar-refractivity contribution < 1.29 is 15.0 Å². The van der Waals surface area contributed by atoms with E-state index in [1.165, 1.54) is 57.8 Å². The Labute approximate surface area is 333 Å². The second-order valence-electron chi connectivity index (χ2n) is 14.0. The number of hydrogen-bond donors (Lipinski definition) is 3. The molecule has 0 aromatic carbocycles. The third-order valence-corrected chi connectivity index (χ3v) is 9.00. The minimum Gasteiger partial charge on any atom is -0.394 e. The molecule has 0 saturated carbocycles. The van der Waals surface area contributed by atoms with Gasteiger partial charge in [-0.2, -0.15) is 0 Å². The van der Waals surface area contributed by atoms with Gasteiger partial charge >= 0.3 is 0 Å². The van der Waals surface area contributed by atoms with Crippen LogP contribution in [0.15, 0.2) is 122 Å². The Morgan fingerprint density at radius 1 is 0.481 bits per heavy atom. The fourth-order valence-corrected chi connectivity index (χ4v) is 5.72. The average molecular weight is 744 g/mol. The molecule has 0 rings (SSSR count). The fraction of sp³-hybridized carbons (Fsp3) is 0.580. The van der Waals surface area contributed by atoms with Gasteiger partial charge in [-0.25, -0.2) is 0 Å². The summed E-state index contributed by atoms with van der Waals surface area (Å²) in [5, 5.41) is 22.8. The van der Waals surface area contributed by atoms with Gasteiger partial charge in [0.05, 0.1) is 18.8 Å². The van der Waals surface area contributed by atoms with E-state index in [4.69, 9.17) is 0 Å². The molecule has 0 spiro atoms. The van der Waals surface area contributed by atoms with Crippen LogP contribution in [0.25, 0.3) is 0 Å². The molecule has 304 valence electrons. The molecule has 54 heavy (non-hydrogen) atoms. The van der Waals surface area contributed by atoms with Crippen LogP contribution in [-0.4, -0.2) is 34.9 Å². The lowest BCUT2D eigenvalue weighted by molar-refractivity contribution is -0.123. The maximum Gasteiger partial charge on any atom is 0.220 e. The highest BCUT2D eigenvalue weighted by molar-refractivity contribution is 5.76. The van der Waals surface area contributed by atoms with E-state index in [1.54, 1.807) is 6.08 Å². The first-order chi connectivity index (χ1) is 26.7. The Bertz CT molecular complexity index is 1120. The van der Waals surface area contributed by atoms with E-state index in [-0.39, 0.29) is 12.5 Å². The number of allylic oxidation sites excluding steroid dienone is 19. The Morgan fingerprint density at radius 2 is 0.852 bits per heavy atom. The highest BCUT2D eigenvalue weighted by Crippen LogP contribution is 2.13. The predicted octanol–water partition coefficient (Wildman–Crippen LogP) is 13.8. The zero-order valence-corrected chi connectivity index (χ0v) is 34.7. The van der Waals surface area contributed by atoms with E-state index in [2.05, 4.69) is 122 Å². The van der Waals surface area contributed by atoms with Gasteiger partial charge in [-0.05, 0) is 96.8 Å². The van der Waals surface area contributed by atoms with Crippen molar-refractivity contribution in [2.45, 2.75) is 180 Å². The first-order valence-electron chi connectivity index (χ1n) is 21.7. The molecule has 0 radical (unpaired) electrons. The highest BCUT2D eigenvalue weighted by Gasteiger charge is 2.17. The molecule has 4 heteroatoms. The first-order valence-corrected chi connectivity index (χ1v) is 21.7. The van der Waals surface area contributed by atoms with Gasteiger partial charge in [0.25, 0.3) is 0 Å². The van der Waals surface area contributed by atoms with Crippen molar-refractivity contribution in [2.24, 2.45) is 0 Å². The number of aliphatic hydroxyl groups excluding tert-OH is 2. The molecule has 0 aliphatic heterocycles. The topological polar surface area (TPSA) is 69.6 Å². The number of amides is 1. The summed E-state index contributed by atoms with van der Waals surface area (Å²) in [6.45, 7) is 3.92. The van der Waals surface area contributed by atoms with E-state index >= 15 is 0 Å². The van der Waals surface area contributed by atoms with Crippen molar-refractivity contribution >= 4 is 5.91 Å². The molecule has 0 aromatic rings. The maximum atomic E-state index is 12.3. The molecule has 4 nitrogen and oxygen atoms in total. The van der Waals surface area contributed by atoms with Gasteiger partial charge in [0.1, 0.15) is 0 Å². The summed E-state index contributed by atoms with van der Waals surface area (Å²) < 4.78 is 0. The third-order valence-electron chi connectivity index (χ3n) is 9.00. The van der Waals surface area contributed by atoms with Crippen molar-refractivity contribution in [3.8, 4) is 0 Å². The number of hydrogen-bond acceptors (Lipinski definition) is 3. The lowest BCUT2D eigenvalue weighted by atomic mass is 10.0. The van der Waals surface area contributed by atoms with Crippen LogP contribution in [0.2, 0.25) is 0 Å². The van der Waals surface area contributed by atoms with Crippen LogP contribution in [0.3, 0.4) is 0 Å². The van der Waals surface area contributed by atoms with Gasteiger partial charge < -0.3 is 15.5 Å². The van der Waals surface area contributed by atoms with Crippen LogP contribution in [0.1, 0.15) is 168 Å². The number of carbonyl (C=O) groups excluding carboxylic acids is 1. The van der Waals surface area contributed by atoms with Crippen molar-refractivity contribution in [1.82, 2.24) is 5.32 Å². The Balaban J connectivity index is 3.60. The van der Waals surface area contributed by atoms with E-state index in [0.717, 1.165) is 89.9 Å². The second kappa shape index (κ2) is 44.2. The molecule has 0 aliphatic rings. The first kappa shape index (κ1) is 50.8. The average Bonchev–Trinajstić information content (AvgIpc) is 3.18. The molecule has 1 amide bonds. The van der Waals surface area contributed by atoms with Crippen LogP contribution in [0.4, 0.5) is 0 Å². The van der Waals surface area contributed by atoms with E-state index in [0.29, 0.717) is 6.42 Å². The molecule has 3 N–H and O–H groups in total. The molecule has 0 heterocycles. The third kappa shape index (κ3) is 40.0. The Morgan fingerprint density at radius 3 is 1.30 bits per heavy atom. The summed E-state index contributed by atoms with van der Waals surface area (Å²) in [4.78, 5) is 12.3. The molecule has 0 fully saturated rings. The minimum absolute atomic E-state index is 0.0917. The van der Waals surface area contributed by atoms with Crippen molar-refractivity contribution in [1.29, 1.82) is 0 Å². The van der Waals surface area contributed by atoms with Crippen molar-refractivity contribution in [3.63, 3.8) is 0 Å². The second-order valence-corrected chi connectivity index (χ2v) is 14.0. The van der Waals surface area contributed by atoms with Gasteiger partial charge in [-0.3, -0.25) is 4.79 Å². The van der Waals surface area contributed by atoms with Crippen LogP contribution in [-0.2, 0) is 4.79 Å². The molecular weight excluding hydrogens is 663 g/mol. The van der Waals surface area contributed by atoms with E-state index in [9.17, 15) is 15.0 Å². The highest BCUT2D eigenvalue weighted by atomic mass is 16.3. The van der Waals surface area contributed by atoms with Gasteiger partial charge in [-0.15, -0.1) is 0 Å². The van der Waals surface area contributed by atoms with Crippen LogP contribution >= 0.6 is 0 Å². The van der Waals surface area contributed by atoms with Crippen LogP contribution in [0.5, 0.6) is 0 Å². The van der Waals surface area contributed by atoms with Crippen molar-refractivity contribution in [2.75, 3.05) is 6.61 Å². The zero-order valence-electron chi connectivity index (χ0n) is 34.7. The number of nitrogens with one attached hydrogen (secondary N) is 1. The maximum absolute atomic E-state index is 12.3. The van der Waals surface area contributed by atoms with Gasteiger partial charge in [0.15, 0.2) is 0 Å². The molecular formula is C50H81NO3. The van der Waals surface area contributed by atoms with Crippen LogP contribution < -0.4 is 5.32 Å².